The van der Waals surface area contributed by atoms with E-state index in [0.717, 1.165) is 19.4 Å². The summed E-state index contributed by atoms with van der Waals surface area (Å²) >= 11 is 5.95. The van der Waals surface area contributed by atoms with Gasteiger partial charge in [-0.3, -0.25) is 9.69 Å². The Kier molecular flexibility index (Phi) is 5.18. The summed E-state index contributed by atoms with van der Waals surface area (Å²) in [5, 5.41) is 12.0. The predicted molar refractivity (Wildman–Crippen MR) is 83.0 cm³/mol. The summed E-state index contributed by atoms with van der Waals surface area (Å²) in [6.07, 6.45) is 1.83. The van der Waals surface area contributed by atoms with Crippen molar-refractivity contribution in [3.63, 3.8) is 0 Å². The van der Waals surface area contributed by atoms with Crippen LogP contribution in [0, 0.1) is 11.3 Å². The Morgan fingerprint density at radius 1 is 1.62 bits per heavy atom. The quantitative estimate of drug-likeness (QED) is 0.894. The zero-order valence-corrected chi connectivity index (χ0v) is 12.7. The van der Waals surface area contributed by atoms with Crippen molar-refractivity contribution in [1.29, 1.82) is 5.26 Å². The van der Waals surface area contributed by atoms with Crippen LogP contribution in [0.5, 0.6) is 0 Å². The minimum absolute atomic E-state index is 0.0851. The van der Waals surface area contributed by atoms with Crippen LogP contribution in [-0.4, -0.2) is 36.0 Å². The topological polar surface area (TPSA) is 82.2 Å². The Balaban J connectivity index is 1.93. The van der Waals surface area contributed by atoms with Gasteiger partial charge in [-0.05, 0) is 38.0 Å². The lowest BCUT2D eigenvalue weighted by Crippen LogP contribution is -2.48. The molecule has 1 saturated heterocycles. The molecule has 1 aromatic carbocycles. The van der Waals surface area contributed by atoms with E-state index in [0.29, 0.717) is 28.9 Å². The van der Waals surface area contributed by atoms with Gasteiger partial charge in [0.25, 0.3) is 0 Å². The fourth-order valence-corrected chi connectivity index (χ4v) is 2.78. The molecule has 0 bridgehead atoms. The van der Waals surface area contributed by atoms with Crippen LogP contribution in [0.3, 0.4) is 0 Å². The lowest BCUT2D eigenvalue weighted by atomic mass is 9.99. The number of rotatable bonds is 3. The van der Waals surface area contributed by atoms with Crippen molar-refractivity contribution in [2.24, 2.45) is 5.73 Å². The molecule has 1 fully saturated rings. The number of nitrogens with two attached hydrogens (primary N) is 1. The minimum Gasteiger partial charge on any atom is -0.328 e. The van der Waals surface area contributed by atoms with Gasteiger partial charge in [0.15, 0.2) is 0 Å². The molecule has 1 aliphatic heterocycles. The van der Waals surface area contributed by atoms with Crippen molar-refractivity contribution in [3.05, 3.63) is 28.8 Å². The van der Waals surface area contributed by atoms with E-state index < -0.39 is 0 Å². The van der Waals surface area contributed by atoms with Crippen LogP contribution in [0.25, 0.3) is 0 Å². The third-order valence-electron chi connectivity index (χ3n) is 3.77. The molecule has 1 amide bonds. The fraction of sp³-hybridized carbons (Fsp3) is 0.467. The first-order valence-corrected chi connectivity index (χ1v) is 7.36. The molecule has 6 heteroatoms. The van der Waals surface area contributed by atoms with Gasteiger partial charge in [0.2, 0.25) is 5.91 Å². The molecule has 21 heavy (non-hydrogen) atoms. The maximum Gasteiger partial charge on any atom is 0.238 e. The molecule has 0 radical (unpaired) electrons. The number of hydrogen-bond donors (Lipinski definition) is 2. The van der Waals surface area contributed by atoms with Gasteiger partial charge in [0, 0.05) is 24.3 Å². The molecular weight excluding hydrogens is 288 g/mol. The third kappa shape index (κ3) is 4.18. The van der Waals surface area contributed by atoms with Crippen LogP contribution in [0.4, 0.5) is 5.69 Å². The number of benzene rings is 1. The van der Waals surface area contributed by atoms with Crippen LogP contribution in [0.2, 0.25) is 5.02 Å². The summed E-state index contributed by atoms with van der Waals surface area (Å²) in [6, 6.07) is 7.40. The van der Waals surface area contributed by atoms with Crippen LogP contribution >= 0.6 is 11.6 Å². The maximum atomic E-state index is 12.1. The number of hydrogen-bond acceptors (Lipinski definition) is 4. The van der Waals surface area contributed by atoms with Gasteiger partial charge in [0.05, 0.1) is 17.1 Å². The number of nitrogens with one attached hydrogen (secondary N) is 1. The summed E-state index contributed by atoms with van der Waals surface area (Å²) in [7, 11) is 0. The molecule has 1 heterocycles. The molecule has 0 saturated carbocycles. The molecule has 0 spiro atoms. The Hall–Kier alpha value is -1.61. The number of amides is 1. The van der Waals surface area contributed by atoms with Crippen molar-refractivity contribution in [1.82, 2.24) is 4.90 Å². The first-order valence-electron chi connectivity index (χ1n) is 6.98. The molecule has 112 valence electrons. The highest BCUT2D eigenvalue weighted by molar-refractivity contribution is 6.32. The summed E-state index contributed by atoms with van der Waals surface area (Å²) in [6.45, 7) is 3.26. The fourth-order valence-electron chi connectivity index (χ4n) is 2.56. The number of halogens is 1. The van der Waals surface area contributed by atoms with Crippen LogP contribution in [0.15, 0.2) is 18.2 Å². The van der Waals surface area contributed by atoms with E-state index in [2.05, 4.69) is 17.1 Å². The van der Waals surface area contributed by atoms with Gasteiger partial charge in [-0.1, -0.05) is 11.6 Å². The minimum atomic E-state index is -0.0851. The molecule has 1 aliphatic rings. The number of carbonyl (C=O) groups is 1. The van der Waals surface area contributed by atoms with E-state index in [-0.39, 0.29) is 11.9 Å². The highest BCUT2D eigenvalue weighted by atomic mass is 35.5. The Bertz CT molecular complexity index is 569. The molecular formula is C15H19ClN4O. The maximum absolute atomic E-state index is 12.1. The third-order valence-corrected chi connectivity index (χ3v) is 4.09. The molecule has 0 aliphatic carbocycles. The summed E-state index contributed by atoms with van der Waals surface area (Å²) in [4.78, 5) is 14.2. The van der Waals surface area contributed by atoms with E-state index in [1.807, 2.05) is 6.07 Å². The van der Waals surface area contributed by atoms with Crippen molar-refractivity contribution in [2.45, 2.75) is 31.8 Å². The lowest BCUT2D eigenvalue weighted by molar-refractivity contribution is -0.118. The van der Waals surface area contributed by atoms with Gasteiger partial charge in [-0.15, -0.1) is 0 Å². The molecule has 0 aromatic heterocycles. The van der Waals surface area contributed by atoms with Gasteiger partial charge >= 0.3 is 0 Å². The van der Waals surface area contributed by atoms with Crippen molar-refractivity contribution in [3.8, 4) is 6.07 Å². The monoisotopic (exact) mass is 306 g/mol. The number of piperidine rings is 1. The normalized spacial score (nSPS) is 22.6. The van der Waals surface area contributed by atoms with Crippen molar-refractivity contribution in [2.75, 3.05) is 18.4 Å². The number of nitrogens with zero attached hydrogens (tertiary/aromatic N) is 2. The zero-order valence-electron chi connectivity index (χ0n) is 12.0. The van der Waals surface area contributed by atoms with Gasteiger partial charge < -0.3 is 11.1 Å². The van der Waals surface area contributed by atoms with Crippen molar-refractivity contribution >= 4 is 23.2 Å². The number of likely N-dealkylation sites (tertiary alicyclic amines) is 1. The first kappa shape index (κ1) is 15.8. The Morgan fingerprint density at radius 2 is 2.38 bits per heavy atom. The molecule has 2 unspecified atom stereocenters. The van der Waals surface area contributed by atoms with Crippen LogP contribution in [0.1, 0.15) is 25.3 Å². The van der Waals surface area contributed by atoms with E-state index in [1.165, 1.54) is 0 Å². The summed E-state index contributed by atoms with van der Waals surface area (Å²) < 4.78 is 0. The SMILES string of the molecule is CC1CC(N)CCN1CC(=O)Nc1ccc(C#N)c(Cl)c1. The highest BCUT2D eigenvalue weighted by Crippen LogP contribution is 2.20. The lowest BCUT2D eigenvalue weighted by Gasteiger charge is -2.35. The summed E-state index contributed by atoms with van der Waals surface area (Å²) in [5.41, 5.74) is 6.92. The van der Waals surface area contributed by atoms with E-state index >= 15 is 0 Å². The first-order chi connectivity index (χ1) is 9.99. The zero-order chi connectivity index (χ0) is 15.4. The second kappa shape index (κ2) is 6.90. The second-order valence-corrected chi connectivity index (χ2v) is 5.87. The molecule has 3 N–H and O–H groups in total. The second-order valence-electron chi connectivity index (χ2n) is 5.46. The average Bonchev–Trinajstić information content (AvgIpc) is 2.42. The Morgan fingerprint density at radius 3 is 3.00 bits per heavy atom. The number of nitriles is 1. The van der Waals surface area contributed by atoms with E-state index in [4.69, 9.17) is 22.6 Å². The highest BCUT2D eigenvalue weighted by Gasteiger charge is 2.24. The van der Waals surface area contributed by atoms with Crippen molar-refractivity contribution < 1.29 is 4.79 Å². The average molecular weight is 307 g/mol. The van der Waals surface area contributed by atoms with Gasteiger partial charge in [0.1, 0.15) is 6.07 Å². The molecule has 2 rings (SSSR count). The van der Waals surface area contributed by atoms with Gasteiger partial charge in [-0.2, -0.15) is 5.26 Å². The van der Waals surface area contributed by atoms with E-state index in [9.17, 15) is 4.79 Å². The van der Waals surface area contributed by atoms with Crippen LogP contribution < -0.4 is 11.1 Å². The Labute approximate surface area is 129 Å². The molecule has 2 atom stereocenters. The smallest absolute Gasteiger partial charge is 0.238 e. The van der Waals surface area contributed by atoms with Gasteiger partial charge in [-0.25, -0.2) is 0 Å². The molecule has 5 nitrogen and oxygen atoms in total. The standard InChI is InChI=1S/C15H19ClN4O/c1-10-6-12(18)4-5-20(10)9-15(21)19-13-3-2-11(8-17)14(16)7-13/h2-3,7,10,12H,4-6,9,18H2,1H3,(H,19,21). The molecule has 1 aromatic rings. The largest absolute Gasteiger partial charge is 0.328 e. The predicted octanol–water partition coefficient (Wildman–Crippen LogP) is 1.96. The number of anilines is 1. The van der Waals surface area contributed by atoms with Crippen LogP contribution in [-0.2, 0) is 4.79 Å². The summed E-state index contributed by atoms with van der Waals surface area (Å²) in [5.74, 6) is -0.0851. The number of carbonyl (C=O) groups excluding carboxylic acids is 1. The van der Waals surface area contributed by atoms with E-state index in [1.54, 1.807) is 18.2 Å².